The topological polar surface area (TPSA) is 99.1 Å². The number of rotatable bonds is 7. The Morgan fingerprint density at radius 1 is 0.367 bits per heavy atom. The SMILES string of the molecule is O=c1nc(-c2cccc3oc4ccc(-c5cccc(-c6nc(-c7ccccc7)nc(-c7ccccc7)n6)c5)cc4c23)nc2cc(-c3ccccc3)cc(-c3ccccc3)n12. The lowest BCUT2D eigenvalue weighted by molar-refractivity contribution is 0.669. The third kappa shape index (κ3) is 6.29. The van der Waals surface area contributed by atoms with Crippen LogP contribution in [0, 0.1) is 0 Å². The lowest BCUT2D eigenvalue weighted by Gasteiger charge is -2.13. The quantitative estimate of drug-likeness (QED) is 0.159. The van der Waals surface area contributed by atoms with Gasteiger partial charge in [-0.25, -0.2) is 29.1 Å². The summed E-state index contributed by atoms with van der Waals surface area (Å²) in [7, 11) is 0. The van der Waals surface area contributed by atoms with E-state index in [-0.39, 0.29) is 0 Å². The highest BCUT2D eigenvalue weighted by Gasteiger charge is 2.19. The molecule has 4 aromatic heterocycles. The Morgan fingerprint density at radius 3 is 1.58 bits per heavy atom. The molecular formula is C52H32N6O2. The van der Waals surface area contributed by atoms with E-state index >= 15 is 0 Å². The van der Waals surface area contributed by atoms with Crippen molar-refractivity contribution in [2.24, 2.45) is 0 Å². The highest BCUT2D eigenvalue weighted by atomic mass is 16.3. The van der Waals surface area contributed by atoms with Crippen LogP contribution in [0.25, 0.3) is 107 Å². The van der Waals surface area contributed by atoms with Crippen LogP contribution in [0.5, 0.6) is 0 Å². The van der Waals surface area contributed by atoms with Crippen LogP contribution in [0.15, 0.2) is 203 Å². The first-order valence-corrected chi connectivity index (χ1v) is 19.6. The molecule has 11 rings (SSSR count). The van der Waals surface area contributed by atoms with Gasteiger partial charge in [0.1, 0.15) is 16.8 Å². The summed E-state index contributed by atoms with van der Waals surface area (Å²) in [6.45, 7) is 0. The van der Waals surface area contributed by atoms with Crippen LogP contribution in [-0.4, -0.2) is 29.3 Å². The number of furan rings is 1. The molecule has 0 saturated heterocycles. The molecule has 0 saturated carbocycles. The molecule has 0 fully saturated rings. The molecule has 8 nitrogen and oxygen atoms in total. The van der Waals surface area contributed by atoms with Gasteiger partial charge < -0.3 is 4.42 Å². The van der Waals surface area contributed by atoms with Gasteiger partial charge in [0.25, 0.3) is 0 Å². The molecule has 0 spiro atoms. The maximum atomic E-state index is 14.1. The molecule has 60 heavy (non-hydrogen) atoms. The van der Waals surface area contributed by atoms with Crippen LogP contribution >= 0.6 is 0 Å². The van der Waals surface area contributed by atoms with Crippen molar-refractivity contribution in [3.05, 3.63) is 205 Å². The van der Waals surface area contributed by atoms with E-state index in [1.807, 2.05) is 158 Å². The molecule has 4 heterocycles. The Morgan fingerprint density at radius 2 is 0.917 bits per heavy atom. The molecule has 0 aliphatic carbocycles. The predicted octanol–water partition coefficient (Wildman–Crippen LogP) is 11.8. The van der Waals surface area contributed by atoms with Gasteiger partial charge in [-0.3, -0.25) is 0 Å². The second kappa shape index (κ2) is 14.5. The first-order valence-electron chi connectivity index (χ1n) is 19.6. The van der Waals surface area contributed by atoms with E-state index in [0.717, 1.165) is 55.3 Å². The second-order valence-electron chi connectivity index (χ2n) is 14.5. The Balaban J connectivity index is 1.04. The van der Waals surface area contributed by atoms with Crippen molar-refractivity contribution in [3.8, 4) is 79.1 Å². The van der Waals surface area contributed by atoms with Crippen LogP contribution in [0.4, 0.5) is 0 Å². The van der Waals surface area contributed by atoms with Gasteiger partial charge in [-0.15, -0.1) is 0 Å². The molecule has 0 radical (unpaired) electrons. The van der Waals surface area contributed by atoms with Crippen molar-refractivity contribution in [2.45, 2.75) is 0 Å². The van der Waals surface area contributed by atoms with Gasteiger partial charge in [0.2, 0.25) is 0 Å². The van der Waals surface area contributed by atoms with Crippen LogP contribution < -0.4 is 5.69 Å². The summed E-state index contributed by atoms with van der Waals surface area (Å²) < 4.78 is 8.00. The number of pyridine rings is 1. The molecule has 8 heteroatoms. The van der Waals surface area contributed by atoms with Gasteiger partial charge in [0.05, 0.1) is 5.69 Å². The summed E-state index contributed by atoms with van der Waals surface area (Å²) in [5.74, 6) is 2.11. The lowest BCUT2D eigenvalue weighted by atomic mass is 9.99. The molecule has 0 unspecified atom stereocenters. The second-order valence-corrected chi connectivity index (χ2v) is 14.5. The summed E-state index contributed by atoms with van der Waals surface area (Å²) in [4.78, 5) is 38.6. The molecule has 11 aromatic rings. The van der Waals surface area contributed by atoms with Crippen molar-refractivity contribution in [3.63, 3.8) is 0 Å². The zero-order valence-corrected chi connectivity index (χ0v) is 32.0. The van der Waals surface area contributed by atoms with E-state index in [1.165, 1.54) is 0 Å². The minimum Gasteiger partial charge on any atom is -0.456 e. The molecular weight excluding hydrogens is 741 g/mol. The maximum Gasteiger partial charge on any atom is 0.355 e. The molecule has 0 atom stereocenters. The summed E-state index contributed by atoms with van der Waals surface area (Å²) in [6.07, 6.45) is 0. The Kier molecular flexibility index (Phi) is 8.45. The number of hydrogen-bond acceptors (Lipinski definition) is 7. The zero-order valence-electron chi connectivity index (χ0n) is 32.0. The van der Waals surface area contributed by atoms with Crippen molar-refractivity contribution in [1.82, 2.24) is 29.3 Å². The van der Waals surface area contributed by atoms with Crippen LogP contribution in [0.1, 0.15) is 0 Å². The summed E-state index contributed by atoms with van der Waals surface area (Å²) in [5.41, 5.74) is 10.4. The number of nitrogens with zero attached hydrogens (tertiary/aromatic N) is 6. The number of benzene rings is 7. The largest absolute Gasteiger partial charge is 0.456 e. The molecule has 0 bridgehead atoms. The molecule has 0 aliphatic rings. The lowest BCUT2D eigenvalue weighted by Crippen LogP contribution is -2.21. The fourth-order valence-electron chi connectivity index (χ4n) is 7.85. The first-order chi connectivity index (χ1) is 29.6. The summed E-state index contributed by atoms with van der Waals surface area (Å²) >= 11 is 0. The average molecular weight is 773 g/mol. The third-order valence-electron chi connectivity index (χ3n) is 10.7. The van der Waals surface area contributed by atoms with Gasteiger partial charge >= 0.3 is 5.69 Å². The minimum absolute atomic E-state index is 0.322. The van der Waals surface area contributed by atoms with E-state index in [1.54, 1.807) is 4.40 Å². The smallest absolute Gasteiger partial charge is 0.355 e. The van der Waals surface area contributed by atoms with Gasteiger partial charge in [-0.1, -0.05) is 158 Å². The minimum atomic E-state index is -0.417. The monoisotopic (exact) mass is 772 g/mol. The van der Waals surface area contributed by atoms with Crippen molar-refractivity contribution in [1.29, 1.82) is 0 Å². The normalized spacial score (nSPS) is 11.4. The fourth-order valence-corrected chi connectivity index (χ4v) is 7.85. The van der Waals surface area contributed by atoms with E-state index in [2.05, 4.69) is 41.4 Å². The molecule has 282 valence electrons. The molecule has 7 aromatic carbocycles. The van der Waals surface area contributed by atoms with Crippen LogP contribution in [0.2, 0.25) is 0 Å². The van der Waals surface area contributed by atoms with E-state index in [9.17, 15) is 4.79 Å². The van der Waals surface area contributed by atoms with Crippen molar-refractivity contribution >= 4 is 27.6 Å². The van der Waals surface area contributed by atoms with Gasteiger partial charge in [0, 0.05) is 33.0 Å². The Bertz CT molecular complexity index is 3380. The first kappa shape index (κ1) is 34.9. The maximum absolute atomic E-state index is 14.1. The van der Waals surface area contributed by atoms with Gasteiger partial charge in [-0.2, -0.15) is 4.98 Å². The standard InChI is InChI=1S/C52H32N6O2/c59-52-57-51(53-46-32-40(33-15-5-1-6-16-33)31-43(58(46)52)34-17-7-2-8-18-34)41-25-14-26-45-47(41)42-30-38(27-28-44(42)60-45)37-23-13-24-39(29-37)50-55-48(35-19-9-3-10-20-35)54-49(56-50)36-21-11-4-12-22-36/h1-32H. The number of aromatic nitrogens is 6. The van der Waals surface area contributed by atoms with Gasteiger partial charge in [-0.05, 0) is 64.2 Å². The molecule has 0 amide bonds. The molecule has 0 N–H and O–H groups in total. The van der Waals surface area contributed by atoms with E-state index < -0.39 is 5.69 Å². The number of hydrogen-bond donors (Lipinski definition) is 0. The highest BCUT2D eigenvalue weighted by molar-refractivity contribution is 6.12. The zero-order chi connectivity index (χ0) is 40.0. The third-order valence-corrected chi connectivity index (χ3v) is 10.7. The van der Waals surface area contributed by atoms with Crippen LogP contribution in [0.3, 0.4) is 0 Å². The van der Waals surface area contributed by atoms with Crippen molar-refractivity contribution in [2.75, 3.05) is 0 Å². The highest BCUT2D eigenvalue weighted by Crippen LogP contribution is 2.38. The van der Waals surface area contributed by atoms with Gasteiger partial charge in [0.15, 0.2) is 23.3 Å². The molecule has 0 aliphatic heterocycles. The van der Waals surface area contributed by atoms with E-state index in [4.69, 9.17) is 24.4 Å². The van der Waals surface area contributed by atoms with Crippen LogP contribution in [-0.2, 0) is 0 Å². The fraction of sp³-hybridized carbons (Fsp3) is 0. The Hall–Kier alpha value is -8.36. The summed E-state index contributed by atoms with van der Waals surface area (Å²) in [5, 5.41) is 1.71. The average Bonchev–Trinajstić information content (AvgIpc) is 3.70. The van der Waals surface area contributed by atoms with E-state index in [0.29, 0.717) is 51.4 Å². The van der Waals surface area contributed by atoms with Crippen molar-refractivity contribution < 1.29 is 4.42 Å². The summed E-state index contributed by atoms with van der Waals surface area (Å²) in [6, 6.07) is 64.0. The Labute approximate surface area is 343 Å². The number of fused-ring (bicyclic) bond motifs is 4. The predicted molar refractivity (Wildman–Crippen MR) is 238 cm³/mol.